The lowest BCUT2D eigenvalue weighted by molar-refractivity contribution is -0.144. The molecule has 0 saturated heterocycles. The lowest BCUT2D eigenvalue weighted by Gasteiger charge is -2.25. The zero-order chi connectivity index (χ0) is 15.4. The second-order valence-electron chi connectivity index (χ2n) is 5.05. The minimum atomic E-state index is -0.398. The largest absolute Gasteiger partial charge is 0.466 e. The van der Waals surface area contributed by atoms with Gasteiger partial charge in [0.25, 0.3) is 5.91 Å². The molecule has 1 rings (SSSR count). The SMILES string of the molecule is CCOC(=O)CN(C(=O)c1c(C)oc(C)c1C)C(C)C. The number of carbonyl (C=O) groups excluding carboxylic acids is 2. The van der Waals surface area contributed by atoms with E-state index in [2.05, 4.69) is 0 Å². The summed E-state index contributed by atoms with van der Waals surface area (Å²) in [4.78, 5) is 25.8. The van der Waals surface area contributed by atoms with Crippen LogP contribution >= 0.6 is 0 Å². The minimum Gasteiger partial charge on any atom is -0.466 e. The molecular weight excluding hydrogens is 258 g/mol. The first-order chi connectivity index (χ1) is 9.29. The molecular formula is C15H23NO4. The molecule has 0 unspecified atom stereocenters. The number of nitrogens with zero attached hydrogens (tertiary/aromatic N) is 1. The summed E-state index contributed by atoms with van der Waals surface area (Å²) in [6.45, 7) is 11.2. The van der Waals surface area contributed by atoms with E-state index in [0.29, 0.717) is 17.9 Å². The molecule has 20 heavy (non-hydrogen) atoms. The Bertz CT molecular complexity index is 502. The molecule has 0 aliphatic heterocycles. The topological polar surface area (TPSA) is 59.8 Å². The molecule has 0 spiro atoms. The highest BCUT2D eigenvalue weighted by molar-refractivity contribution is 5.98. The molecule has 0 atom stereocenters. The van der Waals surface area contributed by atoms with Gasteiger partial charge < -0.3 is 14.1 Å². The minimum absolute atomic E-state index is 0.0482. The van der Waals surface area contributed by atoms with Gasteiger partial charge in [-0.3, -0.25) is 9.59 Å². The number of esters is 1. The van der Waals surface area contributed by atoms with Gasteiger partial charge in [-0.1, -0.05) is 0 Å². The predicted molar refractivity (Wildman–Crippen MR) is 75.7 cm³/mol. The third kappa shape index (κ3) is 3.40. The fourth-order valence-corrected chi connectivity index (χ4v) is 2.09. The van der Waals surface area contributed by atoms with Crippen molar-refractivity contribution < 1.29 is 18.7 Å². The summed E-state index contributed by atoms with van der Waals surface area (Å²) in [5.41, 5.74) is 1.36. The van der Waals surface area contributed by atoms with Crippen LogP contribution in [0.25, 0.3) is 0 Å². The highest BCUT2D eigenvalue weighted by atomic mass is 16.5. The Morgan fingerprint density at radius 1 is 1.20 bits per heavy atom. The molecule has 1 aromatic rings. The Kier molecular flexibility index (Phi) is 5.36. The molecule has 5 heteroatoms. The quantitative estimate of drug-likeness (QED) is 0.778. The highest BCUT2D eigenvalue weighted by Crippen LogP contribution is 2.23. The van der Waals surface area contributed by atoms with Gasteiger partial charge in [-0.2, -0.15) is 0 Å². The molecule has 0 aliphatic rings. The van der Waals surface area contributed by atoms with Crippen molar-refractivity contribution in [1.82, 2.24) is 4.90 Å². The van der Waals surface area contributed by atoms with Crippen LogP contribution < -0.4 is 0 Å². The second kappa shape index (κ2) is 6.59. The van der Waals surface area contributed by atoms with Gasteiger partial charge in [0.1, 0.15) is 18.1 Å². The van der Waals surface area contributed by atoms with Crippen LogP contribution in [0, 0.1) is 20.8 Å². The molecule has 0 N–H and O–H groups in total. The number of aryl methyl sites for hydroxylation is 2. The maximum atomic E-state index is 12.6. The van der Waals surface area contributed by atoms with Crippen LogP contribution in [-0.2, 0) is 9.53 Å². The van der Waals surface area contributed by atoms with Crippen LogP contribution in [0.4, 0.5) is 0 Å². The van der Waals surface area contributed by atoms with Gasteiger partial charge in [-0.25, -0.2) is 0 Å². The van der Waals surface area contributed by atoms with Crippen LogP contribution in [0.5, 0.6) is 0 Å². The Hall–Kier alpha value is -1.78. The summed E-state index contributed by atoms with van der Waals surface area (Å²) in [6, 6.07) is -0.0964. The number of ether oxygens (including phenoxy) is 1. The van der Waals surface area contributed by atoms with Crippen LogP contribution in [-0.4, -0.2) is 36.0 Å². The first-order valence-corrected chi connectivity index (χ1v) is 6.82. The van der Waals surface area contributed by atoms with Crippen LogP contribution in [0.3, 0.4) is 0 Å². The third-order valence-electron chi connectivity index (χ3n) is 3.26. The van der Waals surface area contributed by atoms with Crippen molar-refractivity contribution in [3.63, 3.8) is 0 Å². The summed E-state index contributed by atoms with van der Waals surface area (Å²) in [6.07, 6.45) is 0. The number of hydrogen-bond acceptors (Lipinski definition) is 4. The van der Waals surface area contributed by atoms with Gasteiger partial charge in [-0.15, -0.1) is 0 Å². The Morgan fingerprint density at radius 3 is 2.20 bits per heavy atom. The Morgan fingerprint density at radius 2 is 1.80 bits per heavy atom. The van der Waals surface area contributed by atoms with Crippen LogP contribution in [0.2, 0.25) is 0 Å². The number of carbonyl (C=O) groups is 2. The van der Waals surface area contributed by atoms with Crippen molar-refractivity contribution >= 4 is 11.9 Å². The van der Waals surface area contributed by atoms with E-state index in [1.54, 1.807) is 13.8 Å². The van der Waals surface area contributed by atoms with E-state index < -0.39 is 5.97 Å². The molecule has 1 heterocycles. The maximum absolute atomic E-state index is 12.6. The van der Waals surface area contributed by atoms with Gasteiger partial charge in [0, 0.05) is 11.6 Å². The predicted octanol–water partition coefficient (Wildman–Crippen LogP) is 2.62. The second-order valence-corrected chi connectivity index (χ2v) is 5.05. The molecule has 1 aromatic heterocycles. The molecule has 5 nitrogen and oxygen atoms in total. The van der Waals surface area contributed by atoms with Crippen molar-refractivity contribution in [2.75, 3.05) is 13.2 Å². The molecule has 0 fully saturated rings. The molecule has 112 valence electrons. The molecule has 0 saturated carbocycles. The van der Waals surface area contributed by atoms with Crippen molar-refractivity contribution in [3.05, 3.63) is 22.6 Å². The number of amides is 1. The first kappa shape index (κ1) is 16.3. The van der Waals surface area contributed by atoms with E-state index in [4.69, 9.17) is 9.15 Å². The number of hydrogen-bond donors (Lipinski definition) is 0. The van der Waals surface area contributed by atoms with E-state index in [1.165, 1.54) is 4.90 Å². The zero-order valence-electron chi connectivity index (χ0n) is 13.1. The standard InChI is InChI=1S/C15H23NO4/c1-7-19-13(17)8-16(9(2)3)15(18)14-10(4)11(5)20-12(14)6/h9H,7-8H2,1-6H3. The van der Waals surface area contributed by atoms with Crippen LogP contribution in [0.1, 0.15) is 48.2 Å². The summed E-state index contributed by atoms with van der Waals surface area (Å²) >= 11 is 0. The first-order valence-electron chi connectivity index (χ1n) is 6.82. The molecule has 0 radical (unpaired) electrons. The van der Waals surface area contributed by atoms with Crippen molar-refractivity contribution in [3.8, 4) is 0 Å². The monoisotopic (exact) mass is 281 g/mol. The number of furan rings is 1. The average Bonchev–Trinajstić information content (AvgIpc) is 2.59. The van der Waals surface area contributed by atoms with E-state index in [1.807, 2.05) is 27.7 Å². The summed E-state index contributed by atoms with van der Waals surface area (Å²) in [5, 5.41) is 0. The van der Waals surface area contributed by atoms with Gasteiger partial charge in [0.2, 0.25) is 0 Å². The Labute approximate surface area is 119 Å². The highest BCUT2D eigenvalue weighted by Gasteiger charge is 2.27. The molecule has 0 aromatic carbocycles. The van der Waals surface area contributed by atoms with Gasteiger partial charge in [0.05, 0.1) is 12.2 Å². The fraction of sp³-hybridized carbons (Fsp3) is 0.600. The molecule has 0 bridgehead atoms. The lowest BCUT2D eigenvalue weighted by Crippen LogP contribution is -2.41. The fourth-order valence-electron chi connectivity index (χ4n) is 2.09. The Balaban J connectivity index is 3.03. The summed E-state index contributed by atoms with van der Waals surface area (Å²) < 4.78 is 10.4. The van der Waals surface area contributed by atoms with Crippen molar-refractivity contribution in [2.45, 2.75) is 47.6 Å². The van der Waals surface area contributed by atoms with Gasteiger partial charge >= 0.3 is 5.97 Å². The number of rotatable bonds is 5. The lowest BCUT2D eigenvalue weighted by atomic mass is 10.1. The van der Waals surface area contributed by atoms with E-state index >= 15 is 0 Å². The van der Waals surface area contributed by atoms with Gasteiger partial charge in [0.15, 0.2) is 0 Å². The average molecular weight is 281 g/mol. The molecule has 0 aliphatic carbocycles. The molecule has 1 amide bonds. The summed E-state index contributed by atoms with van der Waals surface area (Å²) in [7, 11) is 0. The zero-order valence-corrected chi connectivity index (χ0v) is 13.1. The van der Waals surface area contributed by atoms with E-state index in [9.17, 15) is 9.59 Å². The third-order valence-corrected chi connectivity index (χ3v) is 3.26. The van der Waals surface area contributed by atoms with E-state index in [-0.39, 0.29) is 18.5 Å². The van der Waals surface area contributed by atoms with Gasteiger partial charge in [-0.05, 0) is 41.5 Å². The smallest absolute Gasteiger partial charge is 0.325 e. The van der Waals surface area contributed by atoms with Crippen molar-refractivity contribution in [2.24, 2.45) is 0 Å². The normalized spacial score (nSPS) is 10.8. The summed E-state index contributed by atoms with van der Waals surface area (Å²) in [5.74, 6) is 0.718. The van der Waals surface area contributed by atoms with Crippen molar-refractivity contribution in [1.29, 1.82) is 0 Å². The maximum Gasteiger partial charge on any atom is 0.325 e. The van der Waals surface area contributed by atoms with E-state index in [0.717, 1.165) is 11.3 Å². The van der Waals surface area contributed by atoms with Crippen LogP contribution in [0.15, 0.2) is 4.42 Å².